The number of carbonyl (C=O) groups is 1. The summed E-state index contributed by atoms with van der Waals surface area (Å²) in [5.41, 5.74) is 0. The second-order valence-electron chi connectivity index (χ2n) is 4.16. The van der Waals surface area contributed by atoms with E-state index in [0.717, 1.165) is 31.2 Å². The summed E-state index contributed by atoms with van der Waals surface area (Å²) in [5, 5.41) is 0.996. The first-order valence-electron chi connectivity index (χ1n) is 5.64. The molecule has 5 nitrogen and oxygen atoms in total. The van der Waals surface area contributed by atoms with E-state index < -0.39 is 5.97 Å². The Morgan fingerprint density at radius 2 is 2.39 bits per heavy atom. The van der Waals surface area contributed by atoms with Crippen LogP contribution in [0.1, 0.15) is 16.1 Å². The summed E-state index contributed by atoms with van der Waals surface area (Å²) in [4.78, 5) is 18.2. The summed E-state index contributed by atoms with van der Waals surface area (Å²) in [6.45, 7) is 2.55. The Morgan fingerprint density at radius 1 is 1.61 bits per heavy atom. The quantitative estimate of drug-likeness (QED) is 0.795. The summed E-state index contributed by atoms with van der Waals surface area (Å²) in [7, 11) is 3.04. The third-order valence-electron chi connectivity index (χ3n) is 2.90. The van der Waals surface area contributed by atoms with E-state index >= 15 is 0 Å². The van der Waals surface area contributed by atoms with Gasteiger partial charge in [0.25, 0.3) is 0 Å². The topological polar surface area (TPSA) is 51.7 Å². The van der Waals surface area contributed by atoms with Gasteiger partial charge in [0, 0.05) is 26.1 Å². The molecular formula is C11H15ClN2O3S. The van der Waals surface area contributed by atoms with Gasteiger partial charge in [0.2, 0.25) is 0 Å². The monoisotopic (exact) mass is 290 g/mol. The van der Waals surface area contributed by atoms with Crippen molar-refractivity contribution in [3.05, 3.63) is 10.0 Å². The molecule has 1 aliphatic rings. The van der Waals surface area contributed by atoms with E-state index in [0.29, 0.717) is 10.8 Å². The summed E-state index contributed by atoms with van der Waals surface area (Å²) >= 11 is 7.22. The maximum Gasteiger partial charge on any atom is 0.351 e. The van der Waals surface area contributed by atoms with Crippen LogP contribution in [0.3, 0.4) is 0 Å². The Hall–Kier alpha value is -0.850. The average Bonchev–Trinajstić information content (AvgIpc) is 2.95. The first-order chi connectivity index (χ1) is 8.65. The van der Waals surface area contributed by atoms with E-state index in [4.69, 9.17) is 16.3 Å². The predicted octanol–water partition coefficient (Wildman–Crippen LogP) is 2.06. The number of halogens is 1. The van der Waals surface area contributed by atoms with Crippen molar-refractivity contribution < 1.29 is 14.3 Å². The molecule has 0 N–H and O–H groups in total. The summed E-state index contributed by atoms with van der Waals surface area (Å²) < 4.78 is 9.81. The zero-order chi connectivity index (χ0) is 13.1. The van der Waals surface area contributed by atoms with Crippen molar-refractivity contribution in [3.63, 3.8) is 0 Å². The van der Waals surface area contributed by atoms with Gasteiger partial charge in [-0.3, -0.25) is 0 Å². The molecule has 0 aliphatic carbocycles. The van der Waals surface area contributed by atoms with E-state index in [1.54, 1.807) is 7.11 Å². The second kappa shape index (κ2) is 5.86. The number of methoxy groups -OCH3 is 2. The SMILES string of the molecule is COCC1CCN(c2nc(Cl)c(C(=O)OC)s2)C1. The highest BCUT2D eigenvalue weighted by Gasteiger charge is 2.27. The highest BCUT2D eigenvalue weighted by atomic mass is 35.5. The number of thiazole rings is 1. The van der Waals surface area contributed by atoms with Crippen LogP contribution in [0.4, 0.5) is 5.13 Å². The van der Waals surface area contributed by atoms with Crippen molar-refractivity contribution in [2.24, 2.45) is 5.92 Å². The Bertz CT molecular complexity index is 438. The van der Waals surface area contributed by atoms with Crippen LogP contribution in [0, 0.1) is 5.92 Å². The van der Waals surface area contributed by atoms with Crippen molar-refractivity contribution >= 4 is 34.0 Å². The molecule has 1 aromatic heterocycles. The van der Waals surface area contributed by atoms with Crippen LogP contribution in [0.5, 0.6) is 0 Å². The van der Waals surface area contributed by atoms with Crippen molar-refractivity contribution in [2.75, 3.05) is 38.8 Å². The third kappa shape index (κ3) is 2.76. The van der Waals surface area contributed by atoms with Gasteiger partial charge in [-0.25, -0.2) is 9.78 Å². The minimum Gasteiger partial charge on any atom is -0.465 e. The van der Waals surface area contributed by atoms with Crippen LogP contribution in [-0.2, 0) is 9.47 Å². The largest absolute Gasteiger partial charge is 0.465 e. The van der Waals surface area contributed by atoms with Gasteiger partial charge in [-0.2, -0.15) is 0 Å². The highest BCUT2D eigenvalue weighted by Crippen LogP contribution is 2.33. The number of hydrogen-bond acceptors (Lipinski definition) is 6. The summed E-state index contributed by atoms with van der Waals surface area (Å²) in [6, 6.07) is 0. The number of esters is 1. The van der Waals surface area contributed by atoms with Crippen LogP contribution in [-0.4, -0.2) is 44.9 Å². The zero-order valence-corrected chi connectivity index (χ0v) is 11.9. The van der Waals surface area contributed by atoms with Crippen molar-refractivity contribution in [1.82, 2.24) is 4.98 Å². The molecule has 1 fully saturated rings. The Morgan fingerprint density at radius 3 is 3.06 bits per heavy atom. The van der Waals surface area contributed by atoms with Crippen LogP contribution >= 0.6 is 22.9 Å². The molecule has 1 atom stereocenters. The average molecular weight is 291 g/mol. The van der Waals surface area contributed by atoms with E-state index in [2.05, 4.69) is 14.6 Å². The third-order valence-corrected chi connectivity index (χ3v) is 4.39. The molecular weight excluding hydrogens is 276 g/mol. The van der Waals surface area contributed by atoms with Gasteiger partial charge < -0.3 is 14.4 Å². The molecule has 0 bridgehead atoms. The number of carbonyl (C=O) groups excluding carboxylic acids is 1. The summed E-state index contributed by atoms with van der Waals surface area (Å²) in [6.07, 6.45) is 1.07. The molecule has 18 heavy (non-hydrogen) atoms. The second-order valence-corrected chi connectivity index (χ2v) is 5.50. The van der Waals surface area contributed by atoms with Gasteiger partial charge in [0.05, 0.1) is 13.7 Å². The standard InChI is InChI=1S/C11H15ClN2O3S/c1-16-6-7-3-4-14(5-7)11-13-9(12)8(18-11)10(15)17-2/h7H,3-6H2,1-2H3. The molecule has 1 unspecified atom stereocenters. The van der Waals surface area contributed by atoms with Gasteiger partial charge in [-0.1, -0.05) is 22.9 Å². The number of anilines is 1. The zero-order valence-electron chi connectivity index (χ0n) is 10.3. The van der Waals surface area contributed by atoms with E-state index in [9.17, 15) is 4.79 Å². The highest BCUT2D eigenvalue weighted by molar-refractivity contribution is 7.18. The maximum atomic E-state index is 11.5. The first kappa shape index (κ1) is 13.6. The molecule has 0 amide bonds. The molecule has 0 saturated carbocycles. The van der Waals surface area contributed by atoms with Gasteiger partial charge in [0.1, 0.15) is 0 Å². The van der Waals surface area contributed by atoms with E-state index in [1.165, 1.54) is 18.4 Å². The molecule has 1 aliphatic heterocycles. The molecule has 0 radical (unpaired) electrons. The smallest absolute Gasteiger partial charge is 0.351 e. The number of ether oxygens (including phenoxy) is 2. The lowest BCUT2D eigenvalue weighted by molar-refractivity contribution is 0.0606. The molecule has 1 saturated heterocycles. The molecule has 1 aromatic rings. The first-order valence-corrected chi connectivity index (χ1v) is 6.83. The lowest BCUT2D eigenvalue weighted by atomic mass is 10.1. The van der Waals surface area contributed by atoms with Gasteiger partial charge in [-0.15, -0.1) is 0 Å². The molecule has 100 valence electrons. The van der Waals surface area contributed by atoms with E-state index in [-0.39, 0.29) is 5.15 Å². The van der Waals surface area contributed by atoms with Crippen LogP contribution in [0.15, 0.2) is 0 Å². The Kier molecular flexibility index (Phi) is 4.42. The molecule has 2 heterocycles. The normalized spacial score (nSPS) is 19.3. The number of nitrogens with zero attached hydrogens (tertiary/aromatic N) is 2. The predicted molar refractivity (Wildman–Crippen MR) is 70.7 cm³/mol. The van der Waals surface area contributed by atoms with Gasteiger partial charge in [0.15, 0.2) is 15.2 Å². The molecule has 0 aromatic carbocycles. The Labute approximate surface area is 115 Å². The van der Waals surface area contributed by atoms with Crippen molar-refractivity contribution in [1.29, 1.82) is 0 Å². The number of aromatic nitrogens is 1. The minimum absolute atomic E-state index is 0.219. The fourth-order valence-electron chi connectivity index (χ4n) is 2.02. The van der Waals surface area contributed by atoms with Crippen LogP contribution in [0.25, 0.3) is 0 Å². The number of rotatable bonds is 4. The van der Waals surface area contributed by atoms with Crippen molar-refractivity contribution in [2.45, 2.75) is 6.42 Å². The van der Waals surface area contributed by atoms with Gasteiger partial charge >= 0.3 is 5.97 Å². The van der Waals surface area contributed by atoms with Crippen molar-refractivity contribution in [3.8, 4) is 0 Å². The molecule has 7 heteroatoms. The maximum absolute atomic E-state index is 11.5. The summed E-state index contributed by atoms with van der Waals surface area (Å²) in [5.74, 6) is 0.0793. The minimum atomic E-state index is -0.434. The lowest BCUT2D eigenvalue weighted by Gasteiger charge is -2.14. The van der Waals surface area contributed by atoms with E-state index in [1.807, 2.05) is 0 Å². The van der Waals surface area contributed by atoms with Crippen LogP contribution in [0.2, 0.25) is 5.15 Å². The lowest BCUT2D eigenvalue weighted by Crippen LogP contribution is -2.20. The fraction of sp³-hybridized carbons (Fsp3) is 0.636. The van der Waals surface area contributed by atoms with Gasteiger partial charge in [-0.05, 0) is 6.42 Å². The number of hydrogen-bond donors (Lipinski definition) is 0. The molecule has 0 spiro atoms. The fourth-order valence-corrected chi connectivity index (χ4v) is 3.26. The van der Waals surface area contributed by atoms with Crippen LogP contribution < -0.4 is 4.90 Å². The Balaban J connectivity index is 2.08. The molecule has 2 rings (SSSR count).